The lowest BCUT2D eigenvalue weighted by Crippen LogP contribution is -2.52. The highest BCUT2D eigenvalue weighted by atomic mass is 16.6. The first kappa shape index (κ1) is 36.1. The predicted molar refractivity (Wildman–Crippen MR) is 153 cm³/mol. The predicted octanol–water partition coefficient (Wildman–Crippen LogP) is 2.85. The van der Waals surface area contributed by atoms with Gasteiger partial charge < -0.3 is 24.6 Å². The van der Waals surface area contributed by atoms with Crippen LogP contribution in [0, 0.1) is 0 Å². The van der Waals surface area contributed by atoms with Gasteiger partial charge in [0.15, 0.2) is 0 Å². The van der Waals surface area contributed by atoms with E-state index in [2.05, 4.69) is 26.4 Å². The van der Waals surface area contributed by atoms with Crippen molar-refractivity contribution in [1.82, 2.24) is 26.8 Å². The number of carbonyl (C=O) groups is 6. The number of aliphatic imine (C=N–C) groups is 1. The van der Waals surface area contributed by atoms with Crippen molar-refractivity contribution in [2.75, 3.05) is 0 Å². The van der Waals surface area contributed by atoms with E-state index in [1.807, 2.05) is 5.43 Å². The summed E-state index contributed by atoms with van der Waals surface area (Å²) in [7, 11) is 0. The highest BCUT2D eigenvalue weighted by Gasteiger charge is 2.27. The molecule has 1 aromatic carbocycles. The fraction of sp³-hybridized carbons (Fsp3) is 0.519. The third-order valence-electron chi connectivity index (χ3n) is 4.27. The second-order valence-corrected chi connectivity index (χ2v) is 12.0. The summed E-state index contributed by atoms with van der Waals surface area (Å²) in [4.78, 5) is 77.0. The standard InChI is InChI=1S/C27H40N6O10/c1-25(2,3)41-18(34)14-17(20(36)37)29-22(38)33-32-19(35)15-11-10-12-16(13-15)28-21(30-23(39)42-26(4,5)6)31-24(40)43-27(7,8)9/h10-13,17H,14H2,1-9H3,(H,32,35)(H,36,37)(H2,29,33,38)(H2,28,30,31,39,40). The van der Waals surface area contributed by atoms with Crippen molar-refractivity contribution in [3.05, 3.63) is 29.8 Å². The van der Waals surface area contributed by atoms with Crippen LogP contribution in [0.15, 0.2) is 29.3 Å². The zero-order valence-corrected chi connectivity index (χ0v) is 25.7. The van der Waals surface area contributed by atoms with E-state index in [1.54, 1.807) is 62.3 Å². The summed E-state index contributed by atoms with van der Waals surface area (Å²) in [6.45, 7) is 14.7. The number of aliphatic carboxylic acids is 1. The molecule has 5 amide bonds. The molecule has 0 saturated carbocycles. The number of nitrogens with zero attached hydrogens (tertiary/aromatic N) is 1. The molecule has 1 atom stereocenters. The lowest BCUT2D eigenvalue weighted by molar-refractivity contribution is -0.158. The molecule has 1 rings (SSSR count). The zero-order valence-electron chi connectivity index (χ0n) is 25.7. The number of hydrazine groups is 1. The van der Waals surface area contributed by atoms with Crippen LogP contribution in [0.3, 0.4) is 0 Å². The van der Waals surface area contributed by atoms with Crippen molar-refractivity contribution in [1.29, 1.82) is 0 Å². The molecule has 6 N–H and O–H groups in total. The number of rotatable bonds is 6. The Labute approximate surface area is 249 Å². The first-order valence-electron chi connectivity index (χ1n) is 13.0. The topological polar surface area (TPSA) is 223 Å². The average molecular weight is 609 g/mol. The van der Waals surface area contributed by atoms with Crippen LogP contribution in [0.1, 0.15) is 79.1 Å². The lowest BCUT2D eigenvalue weighted by Gasteiger charge is -2.22. The SMILES string of the molecule is CC(C)(C)OC(=O)CC(NC(=O)NNC(=O)c1cccc(N=C(NC(=O)OC(C)(C)C)NC(=O)OC(C)(C)C)c1)C(=O)O. The molecule has 43 heavy (non-hydrogen) atoms. The fourth-order valence-corrected chi connectivity index (χ4v) is 2.86. The van der Waals surface area contributed by atoms with E-state index >= 15 is 0 Å². The van der Waals surface area contributed by atoms with Gasteiger partial charge >= 0.3 is 30.2 Å². The van der Waals surface area contributed by atoms with Gasteiger partial charge in [0.05, 0.1) is 12.1 Å². The number of amides is 5. The lowest BCUT2D eigenvalue weighted by atomic mass is 10.1. The van der Waals surface area contributed by atoms with Crippen molar-refractivity contribution < 1.29 is 48.1 Å². The summed E-state index contributed by atoms with van der Waals surface area (Å²) in [5.41, 5.74) is 1.62. The van der Waals surface area contributed by atoms with Crippen LogP contribution in [0.2, 0.25) is 0 Å². The number of carboxylic acids is 1. The average Bonchev–Trinajstić information content (AvgIpc) is 2.78. The van der Waals surface area contributed by atoms with Crippen LogP contribution in [0.4, 0.5) is 20.1 Å². The van der Waals surface area contributed by atoms with Gasteiger partial charge in [0.25, 0.3) is 5.91 Å². The minimum absolute atomic E-state index is 0.0148. The Bertz CT molecular complexity index is 1210. The summed E-state index contributed by atoms with van der Waals surface area (Å²) >= 11 is 0. The second kappa shape index (κ2) is 14.8. The Morgan fingerprint density at radius 2 is 1.30 bits per heavy atom. The molecule has 0 bridgehead atoms. The summed E-state index contributed by atoms with van der Waals surface area (Å²) in [5.74, 6) is -3.52. The fourth-order valence-electron chi connectivity index (χ4n) is 2.86. The third-order valence-corrected chi connectivity index (χ3v) is 4.27. The zero-order chi connectivity index (χ0) is 33.2. The number of hydrogen-bond acceptors (Lipinski definition) is 10. The number of hydrogen-bond donors (Lipinski definition) is 6. The maximum atomic E-state index is 12.6. The largest absolute Gasteiger partial charge is 0.480 e. The highest BCUT2D eigenvalue weighted by molar-refractivity contribution is 6.03. The number of guanidine groups is 1. The van der Waals surface area contributed by atoms with Gasteiger partial charge in [0, 0.05) is 5.56 Å². The molecule has 16 heteroatoms. The van der Waals surface area contributed by atoms with Gasteiger partial charge in [-0.15, -0.1) is 0 Å². The number of alkyl carbamates (subject to hydrolysis) is 2. The highest BCUT2D eigenvalue weighted by Crippen LogP contribution is 2.15. The minimum Gasteiger partial charge on any atom is -0.480 e. The normalized spacial score (nSPS) is 12.0. The molecule has 1 unspecified atom stereocenters. The molecule has 16 nitrogen and oxygen atoms in total. The van der Waals surface area contributed by atoms with E-state index in [-0.39, 0.29) is 17.2 Å². The molecule has 0 spiro atoms. The number of esters is 1. The number of ether oxygens (including phenoxy) is 3. The molecule has 0 aliphatic carbocycles. The monoisotopic (exact) mass is 608 g/mol. The van der Waals surface area contributed by atoms with Crippen molar-refractivity contribution in [2.24, 2.45) is 4.99 Å². The molecule has 0 aliphatic rings. The summed E-state index contributed by atoms with van der Waals surface area (Å²) < 4.78 is 15.5. The maximum absolute atomic E-state index is 12.6. The van der Waals surface area contributed by atoms with E-state index < -0.39 is 65.3 Å². The molecule has 0 saturated heterocycles. The van der Waals surface area contributed by atoms with Gasteiger partial charge in [-0.1, -0.05) is 6.07 Å². The minimum atomic E-state index is -1.63. The summed E-state index contributed by atoms with van der Waals surface area (Å²) in [5, 5.41) is 16.0. The number of carbonyl (C=O) groups excluding carboxylic acids is 5. The van der Waals surface area contributed by atoms with Gasteiger partial charge in [0.2, 0.25) is 5.96 Å². The number of nitrogens with one attached hydrogen (secondary N) is 5. The Balaban J connectivity index is 2.99. The number of benzene rings is 1. The first-order chi connectivity index (χ1) is 19.5. The summed E-state index contributed by atoms with van der Waals surface area (Å²) in [6, 6.07) is 2.80. The quantitative estimate of drug-likeness (QED) is 0.0910. The van der Waals surface area contributed by atoms with Crippen LogP contribution >= 0.6 is 0 Å². The van der Waals surface area contributed by atoms with Gasteiger partial charge in [-0.05, 0) is 80.5 Å². The van der Waals surface area contributed by atoms with E-state index in [1.165, 1.54) is 24.3 Å². The molecule has 0 aliphatic heterocycles. The summed E-state index contributed by atoms with van der Waals surface area (Å²) in [6.07, 6.45) is -2.49. The van der Waals surface area contributed by atoms with Gasteiger partial charge in [-0.3, -0.25) is 25.6 Å². The maximum Gasteiger partial charge on any atom is 0.414 e. The Morgan fingerprint density at radius 3 is 1.77 bits per heavy atom. The van der Waals surface area contributed by atoms with Crippen molar-refractivity contribution >= 4 is 47.7 Å². The Morgan fingerprint density at radius 1 is 0.791 bits per heavy atom. The van der Waals surface area contributed by atoms with Gasteiger partial charge in [-0.2, -0.15) is 0 Å². The molecule has 0 heterocycles. The van der Waals surface area contributed by atoms with Gasteiger partial charge in [0.1, 0.15) is 22.8 Å². The van der Waals surface area contributed by atoms with E-state index in [4.69, 9.17) is 14.2 Å². The van der Waals surface area contributed by atoms with Crippen LogP contribution < -0.4 is 26.8 Å². The van der Waals surface area contributed by atoms with Crippen molar-refractivity contribution in [3.8, 4) is 0 Å². The molecule has 1 aromatic rings. The molecule has 0 fully saturated rings. The van der Waals surface area contributed by atoms with Gasteiger partial charge in [-0.25, -0.2) is 29.6 Å². The Kier molecular flexibility index (Phi) is 12.5. The van der Waals surface area contributed by atoms with E-state index in [0.29, 0.717) is 0 Å². The molecule has 0 aromatic heterocycles. The van der Waals surface area contributed by atoms with E-state index in [9.17, 15) is 33.9 Å². The third kappa shape index (κ3) is 16.2. The van der Waals surface area contributed by atoms with E-state index in [0.717, 1.165) is 0 Å². The molecule has 0 radical (unpaired) electrons. The van der Waals surface area contributed by atoms with Crippen molar-refractivity contribution in [3.63, 3.8) is 0 Å². The van der Waals surface area contributed by atoms with Crippen LogP contribution in [0.25, 0.3) is 0 Å². The molecule has 238 valence electrons. The van der Waals surface area contributed by atoms with Crippen LogP contribution in [-0.2, 0) is 23.8 Å². The smallest absolute Gasteiger partial charge is 0.414 e. The Hall–Kier alpha value is -4.89. The molecular formula is C27H40N6O10. The van der Waals surface area contributed by atoms with Crippen LogP contribution in [-0.4, -0.2) is 70.0 Å². The first-order valence-corrected chi connectivity index (χ1v) is 13.0. The number of carboxylic acid groups (broad SMARTS) is 1. The second-order valence-electron chi connectivity index (χ2n) is 12.0. The molecular weight excluding hydrogens is 568 g/mol. The van der Waals surface area contributed by atoms with Crippen LogP contribution in [0.5, 0.6) is 0 Å². The van der Waals surface area contributed by atoms with Crippen molar-refractivity contribution in [2.45, 2.75) is 91.6 Å². The number of urea groups is 1.